The number of benzene rings is 1. The van der Waals surface area contributed by atoms with Crippen molar-refractivity contribution in [2.45, 2.75) is 65.4 Å². The molecular formula is C23H32ClN4O2P. The lowest BCUT2D eigenvalue weighted by molar-refractivity contribution is 0.242. The highest BCUT2D eigenvalue weighted by molar-refractivity contribution is 7.58. The van der Waals surface area contributed by atoms with Crippen molar-refractivity contribution in [1.29, 1.82) is 0 Å². The van der Waals surface area contributed by atoms with Gasteiger partial charge >= 0.3 is 0 Å². The van der Waals surface area contributed by atoms with Crippen LogP contribution in [0.15, 0.2) is 36.9 Å². The third kappa shape index (κ3) is 5.94. The van der Waals surface area contributed by atoms with Gasteiger partial charge in [0.25, 0.3) is 0 Å². The summed E-state index contributed by atoms with van der Waals surface area (Å²) in [6, 6.07) is 8.45. The van der Waals surface area contributed by atoms with Gasteiger partial charge in [-0.3, -0.25) is 9.13 Å². The van der Waals surface area contributed by atoms with Crippen LogP contribution >= 0.6 is 19.0 Å². The minimum Gasteiger partial charge on any atom is -0.326 e. The molecule has 8 heteroatoms. The number of hydrogen-bond acceptors (Lipinski definition) is 5. The lowest BCUT2D eigenvalue weighted by atomic mass is 9.92. The third-order valence-electron chi connectivity index (χ3n) is 5.35. The zero-order valence-electron chi connectivity index (χ0n) is 18.8. The number of nitrogens with zero attached hydrogens (tertiary/aromatic N) is 4. The fourth-order valence-corrected chi connectivity index (χ4v) is 6.79. The number of fused-ring (bicyclic) bond motifs is 1. The summed E-state index contributed by atoms with van der Waals surface area (Å²) in [5, 5.41) is 0.350. The van der Waals surface area contributed by atoms with E-state index >= 15 is 0 Å². The molecule has 3 rings (SSSR count). The summed E-state index contributed by atoms with van der Waals surface area (Å²) in [5.41, 5.74) is 3.50. The second-order valence-electron chi connectivity index (χ2n) is 8.23. The van der Waals surface area contributed by atoms with Crippen molar-refractivity contribution in [3.8, 4) is 5.69 Å². The topological polar surface area (TPSA) is 69.9 Å². The average Bonchev–Trinajstić information content (AvgIpc) is 3.16. The Bertz CT molecular complexity index is 1040. The molecule has 2 unspecified atom stereocenters. The van der Waals surface area contributed by atoms with Gasteiger partial charge in [-0.15, -0.1) is 0 Å². The lowest BCUT2D eigenvalue weighted by Gasteiger charge is -2.24. The first kappa shape index (κ1) is 23.9. The highest BCUT2D eigenvalue weighted by Crippen LogP contribution is 2.50. The van der Waals surface area contributed by atoms with Gasteiger partial charge in [-0.25, -0.2) is 15.0 Å². The van der Waals surface area contributed by atoms with Gasteiger partial charge in [0.15, 0.2) is 10.8 Å². The van der Waals surface area contributed by atoms with Gasteiger partial charge in [-0.05, 0) is 56.7 Å². The van der Waals surface area contributed by atoms with Crippen molar-refractivity contribution in [3.63, 3.8) is 0 Å². The molecule has 168 valence electrons. The van der Waals surface area contributed by atoms with Gasteiger partial charge in [0.2, 0.25) is 7.37 Å². The largest absolute Gasteiger partial charge is 0.326 e. The number of hydrogen-bond donors (Lipinski definition) is 0. The van der Waals surface area contributed by atoms with Crippen molar-refractivity contribution in [1.82, 2.24) is 19.5 Å². The van der Waals surface area contributed by atoms with E-state index in [-0.39, 0.29) is 6.10 Å². The van der Waals surface area contributed by atoms with E-state index in [1.54, 1.807) is 6.33 Å². The Hall–Kier alpha value is -1.75. The molecule has 0 radical (unpaired) electrons. The van der Waals surface area contributed by atoms with Gasteiger partial charge < -0.3 is 4.52 Å². The molecule has 6 nitrogen and oxygen atoms in total. The van der Waals surface area contributed by atoms with Crippen molar-refractivity contribution in [3.05, 3.63) is 47.6 Å². The van der Waals surface area contributed by atoms with Crippen LogP contribution in [-0.2, 0) is 9.09 Å². The van der Waals surface area contributed by atoms with Crippen LogP contribution in [0.25, 0.3) is 16.9 Å². The maximum absolute atomic E-state index is 13.3. The van der Waals surface area contributed by atoms with E-state index in [9.17, 15) is 4.57 Å². The molecule has 0 amide bonds. The fraction of sp³-hybridized carbons (Fsp3) is 0.522. The van der Waals surface area contributed by atoms with Gasteiger partial charge in [0.05, 0.1) is 6.10 Å². The molecule has 0 aliphatic heterocycles. The Morgan fingerprint density at radius 2 is 1.77 bits per heavy atom. The molecule has 0 N–H and O–H groups in total. The molecule has 0 fully saturated rings. The molecule has 2 atom stereocenters. The predicted molar refractivity (Wildman–Crippen MR) is 128 cm³/mol. The van der Waals surface area contributed by atoms with Crippen LogP contribution in [0, 0.1) is 0 Å². The number of halogens is 1. The van der Waals surface area contributed by atoms with E-state index in [1.807, 2.05) is 18.4 Å². The highest BCUT2D eigenvalue weighted by atomic mass is 35.5. The Kier molecular flexibility index (Phi) is 8.26. The van der Waals surface area contributed by atoms with E-state index in [2.05, 4.69) is 53.1 Å². The van der Waals surface area contributed by atoms with Crippen molar-refractivity contribution >= 4 is 30.1 Å². The summed E-state index contributed by atoms with van der Waals surface area (Å²) in [7, 11) is -2.59. The van der Waals surface area contributed by atoms with Gasteiger partial charge in [-0.2, -0.15) is 0 Å². The molecule has 0 aliphatic rings. The standard InChI is InChI=1S/C23H32ClN4O2P/c1-5-7-18(12-14-31(29,13-6-2)30-17(3)4)19-8-10-20(11-9-19)28-16-27-21-22(24)25-15-26-23(21)28/h8-11,15-18H,5-7,12-14H2,1-4H3. The number of imidazole rings is 1. The molecule has 1 aromatic carbocycles. The highest BCUT2D eigenvalue weighted by Gasteiger charge is 2.25. The van der Waals surface area contributed by atoms with Crippen LogP contribution < -0.4 is 0 Å². The molecule has 3 aromatic rings. The first-order chi connectivity index (χ1) is 14.9. The van der Waals surface area contributed by atoms with Gasteiger partial charge in [0, 0.05) is 18.0 Å². The first-order valence-corrected chi connectivity index (χ1v) is 13.4. The summed E-state index contributed by atoms with van der Waals surface area (Å²) < 4.78 is 21.1. The van der Waals surface area contributed by atoms with Gasteiger partial charge in [0.1, 0.15) is 18.2 Å². The normalized spacial score (nSPS) is 14.8. The Morgan fingerprint density at radius 3 is 2.42 bits per heavy atom. The Labute approximate surface area is 189 Å². The molecule has 2 aromatic heterocycles. The minimum absolute atomic E-state index is 0.0105. The van der Waals surface area contributed by atoms with Crippen LogP contribution in [0.3, 0.4) is 0 Å². The summed E-state index contributed by atoms with van der Waals surface area (Å²) >= 11 is 6.12. The quantitative estimate of drug-likeness (QED) is 0.230. The maximum Gasteiger partial charge on any atom is 0.203 e. The molecule has 0 bridgehead atoms. The summed E-state index contributed by atoms with van der Waals surface area (Å²) in [6.07, 6.45) is 8.33. The third-order valence-corrected chi connectivity index (χ3v) is 8.50. The monoisotopic (exact) mass is 462 g/mol. The minimum atomic E-state index is -2.59. The molecule has 2 heterocycles. The summed E-state index contributed by atoms with van der Waals surface area (Å²) in [5.74, 6) is 0.358. The van der Waals surface area contributed by atoms with E-state index in [4.69, 9.17) is 16.1 Å². The zero-order chi connectivity index (χ0) is 22.4. The van der Waals surface area contributed by atoms with E-state index in [1.165, 1.54) is 11.9 Å². The lowest BCUT2D eigenvalue weighted by Crippen LogP contribution is -2.09. The second kappa shape index (κ2) is 10.7. The number of aromatic nitrogens is 4. The predicted octanol–water partition coefficient (Wildman–Crippen LogP) is 6.86. The van der Waals surface area contributed by atoms with Crippen molar-refractivity contribution in [2.24, 2.45) is 0 Å². The molecule has 0 spiro atoms. The molecule has 31 heavy (non-hydrogen) atoms. The van der Waals surface area contributed by atoms with E-state index in [0.717, 1.165) is 31.4 Å². The maximum atomic E-state index is 13.3. The van der Waals surface area contributed by atoms with Crippen molar-refractivity contribution < 1.29 is 9.09 Å². The average molecular weight is 463 g/mol. The van der Waals surface area contributed by atoms with Crippen LogP contribution in [0.5, 0.6) is 0 Å². The van der Waals surface area contributed by atoms with Crippen LogP contribution in [0.1, 0.15) is 64.9 Å². The van der Waals surface area contributed by atoms with Crippen LogP contribution in [-0.4, -0.2) is 37.9 Å². The zero-order valence-corrected chi connectivity index (χ0v) is 20.4. The molecular weight excluding hydrogens is 431 g/mol. The molecule has 0 saturated carbocycles. The van der Waals surface area contributed by atoms with E-state index in [0.29, 0.717) is 34.6 Å². The smallest absolute Gasteiger partial charge is 0.203 e. The van der Waals surface area contributed by atoms with Crippen LogP contribution in [0.2, 0.25) is 5.15 Å². The fourth-order valence-electron chi connectivity index (χ4n) is 4.02. The number of rotatable bonds is 11. The molecule has 0 saturated heterocycles. The van der Waals surface area contributed by atoms with Crippen LogP contribution in [0.4, 0.5) is 0 Å². The van der Waals surface area contributed by atoms with Gasteiger partial charge in [-0.1, -0.05) is 44.0 Å². The Morgan fingerprint density at radius 1 is 1.03 bits per heavy atom. The van der Waals surface area contributed by atoms with Crippen molar-refractivity contribution in [2.75, 3.05) is 12.3 Å². The second-order valence-corrected chi connectivity index (χ2v) is 11.3. The first-order valence-electron chi connectivity index (χ1n) is 11.1. The Balaban J connectivity index is 1.79. The summed E-state index contributed by atoms with van der Waals surface area (Å²) in [6.45, 7) is 8.18. The summed E-state index contributed by atoms with van der Waals surface area (Å²) in [4.78, 5) is 12.7. The van der Waals surface area contributed by atoms with E-state index < -0.39 is 7.37 Å². The molecule has 0 aliphatic carbocycles. The SMILES string of the molecule is CCCC(CCP(=O)(CCC)OC(C)C)c1ccc(-n2cnc3c(Cl)ncnc32)cc1.